The van der Waals surface area contributed by atoms with Gasteiger partial charge >= 0.3 is 11.9 Å². The van der Waals surface area contributed by atoms with Crippen molar-refractivity contribution >= 4 is 45.7 Å². The van der Waals surface area contributed by atoms with Crippen molar-refractivity contribution in [3.8, 4) is 0 Å². The van der Waals surface area contributed by atoms with Gasteiger partial charge < -0.3 is 25.4 Å². The Morgan fingerprint density at radius 1 is 1.02 bits per heavy atom. The number of anilines is 1. The Morgan fingerprint density at radius 2 is 1.66 bits per heavy atom. The summed E-state index contributed by atoms with van der Waals surface area (Å²) in [6.45, 7) is 12.9. The number of carboxylic acid groups (broad SMARTS) is 2. The number of rotatable bonds is 12. The maximum atomic E-state index is 9.55. The fourth-order valence-electron chi connectivity index (χ4n) is 4.67. The number of likely N-dealkylation sites (N-methyl/N-ethyl adjacent to an activating group) is 1. The van der Waals surface area contributed by atoms with Crippen molar-refractivity contribution < 1.29 is 19.8 Å². The largest absolute Gasteiger partial charge is 0.478 e. The monoisotopic (exact) mass is 617 g/mol. The molecule has 9 nitrogen and oxygen atoms in total. The molecule has 2 heterocycles. The number of fused-ring (bicyclic) bond motifs is 1. The second-order valence-electron chi connectivity index (χ2n) is 11.5. The van der Waals surface area contributed by atoms with Crippen LogP contribution in [0.4, 0.5) is 5.69 Å². The minimum absolute atomic E-state index is 0.403. The van der Waals surface area contributed by atoms with Gasteiger partial charge in [-0.05, 0) is 81.5 Å². The number of aryl methyl sites for hydroxylation is 1. The number of hydrogen-bond donors (Lipinski definition) is 4. The maximum Gasteiger partial charge on any atom is 0.328 e. The van der Waals surface area contributed by atoms with Crippen molar-refractivity contribution in [1.82, 2.24) is 19.7 Å². The van der Waals surface area contributed by atoms with Gasteiger partial charge in [0, 0.05) is 65.3 Å². The molecular weight excluding hydrogens is 574 g/mol. The molecule has 2 aromatic heterocycles. The summed E-state index contributed by atoms with van der Waals surface area (Å²) in [5.74, 6) is -2.00. The number of H-pyrrole nitrogens is 1. The Labute approximate surface area is 264 Å². The number of aromatic amines is 1. The fourth-order valence-corrected chi connectivity index (χ4v) is 4.92. The van der Waals surface area contributed by atoms with Crippen molar-refractivity contribution in [2.75, 3.05) is 25.5 Å². The fraction of sp³-hybridized carbons (Fsp3) is 0.353. The molecule has 10 heteroatoms. The summed E-state index contributed by atoms with van der Waals surface area (Å²) in [6.07, 6.45) is 7.29. The molecule has 0 amide bonds. The molecule has 0 atom stereocenters. The molecule has 0 saturated carbocycles. The first-order chi connectivity index (χ1) is 20.8. The third kappa shape index (κ3) is 10.2. The SMILES string of the molecule is Cc1[nH]c2ccc(NC(=S)c3ccc(C(C)C)cc3)cc2c1CCN(C)CCc1cnn(C(C)C)c1.O=C(O)/C=C/C(=O)O. The van der Waals surface area contributed by atoms with Gasteiger partial charge in [-0.1, -0.05) is 50.3 Å². The topological polar surface area (TPSA) is 123 Å². The molecule has 44 heavy (non-hydrogen) atoms. The molecule has 0 unspecified atom stereocenters. The molecule has 234 valence electrons. The summed E-state index contributed by atoms with van der Waals surface area (Å²) in [5, 5.41) is 24.8. The van der Waals surface area contributed by atoms with E-state index in [2.05, 4.69) is 111 Å². The second-order valence-corrected chi connectivity index (χ2v) is 11.9. The number of carboxylic acids is 2. The highest BCUT2D eigenvalue weighted by molar-refractivity contribution is 7.81. The lowest BCUT2D eigenvalue weighted by Crippen LogP contribution is -2.23. The van der Waals surface area contributed by atoms with E-state index in [9.17, 15) is 9.59 Å². The smallest absolute Gasteiger partial charge is 0.328 e. The summed E-state index contributed by atoms with van der Waals surface area (Å²) >= 11 is 5.71. The zero-order valence-electron chi connectivity index (χ0n) is 26.3. The van der Waals surface area contributed by atoms with Crippen LogP contribution in [-0.4, -0.2) is 66.9 Å². The van der Waals surface area contributed by atoms with Crippen molar-refractivity contribution in [2.24, 2.45) is 0 Å². The molecule has 0 fully saturated rings. The van der Waals surface area contributed by atoms with Gasteiger partial charge in [0.25, 0.3) is 0 Å². The van der Waals surface area contributed by atoms with E-state index in [4.69, 9.17) is 22.4 Å². The molecule has 2 aromatic carbocycles. The van der Waals surface area contributed by atoms with E-state index in [1.165, 1.54) is 33.3 Å². The van der Waals surface area contributed by atoms with Crippen molar-refractivity contribution in [3.05, 3.63) is 95.0 Å². The molecule has 0 bridgehead atoms. The number of hydrogen-bond acceptors (Lipinski definition) is 5. The molecular formula is C34H43N5O4S. The lowest BCUT2D eigenvalue weighted by molar-refractivity contribution is -0.134. The number of nitrogens with zero attached hydrogens (tertiary/aromatic N) is 3. The molecule has 0 aliphatic heterocycles. The lowest BCUT2D eigenvalue weighted by Gasteiger charge is -2.16. The predicted octanol–water partition coefficient (Wildman–Crippen LogP) is 6.59. The van der Waals surface area contributed by atoms with E-state index in [-0.39, 0.29) is 0 Å². The Bertz CT molecular complexity index is 1590. The highest BCUT2D eigenvalue weighted by Crippen LogP contribution is 2.27. The zero-order chi connectivity index (χ0) is 32.4. The van der Waals surface area contributed by atoms with Gasteiger partial charge in [0.2, 0.25) is 0 Å². The molecule has 4 aromatic rings. The highest BCUT2D eigenvalue weighted by atomic mass is 32.1. The molecule has 0 spiro atoms. The predicted molar refractivity (Wildman–Crippen MR) is 181 cm³/mol. The van der Waals surface area contributed by atoms with Crippen LogP contribution in [0.15, 0.2) is 67.0 Å². The van der Waals surface area contributed by atoms with E-state index < -0.39 is 11.9 Å². The minimum Gasteiger partial charge on any atom is -0.478 e. The van der Waals surface area contributed by atoms with Gasteiger partial charge in [-0.25, -0.2) is 9.59 Å². The molecule has 0 saturated heterocycles. The van der Waals surface area contributed by atoms with Crippen LogP contribution in [0.25, 0.3) is 10.9 Å². The van der Waals surface area contributed by atoms with Crippen LogP contribution in [0.3, 0.4) is 0 Å². The Morgan fingerprint density at radius 3 is 2.23 bits per heavy atom. The van der Waals surface area contributed by atoms with E-state index >= 15 is 0 Å². The number of carbonyl (C=O) groups is 2. The van der Waals surface area contributed by atoms with Gasteiger partial charge in [-0.2, -0.15) is 5.10 Å². The average molecular weight is 618 g/mol. The van der Waals surface area contributed by atoms with E-state index in [1.807, 2.05) is 10.9 Å². The van der Waals surface area contributed by atoms with Crippen LogP contribution in [0.5, 0.6) is 0 Å². The second kappa shape index (κ2) is 16.0. The van der Waals surface area contributed by atoms with Gasteiger partial charge in [0.05, 0.1) is 6.20 Å². The van der Waals surface area contributed by atoms with E-state index in [1.54, 1.807) is 0 Å². The average Bonchev–Trinajstić information content (AvgIpc) is 3.58. The summed E-state index contributed by atoms with van der Waals surface area (Å²) < 4.78 is 2.03. The highest BCUT2D eigenvalue weighted by Gasteiger charge is 2.12. The normalized spacial score (nSPS) is 11.4. The van der Waals surface area contributed by atoms with Crippen LogP contribution in [0, 0.1) is 6.92 Å². The van der Waals surface area contributed by atoms with Crippen molar-refractivity contribution in [1.29, 1.82) is 0 Å². The zero-order valence-corrected chi connectivity index (χ0v) is 27.1. The summed E-state index contributed by atoms with van der Waals surface area (Å²) in [4.78, 5) is 25.8. The lowest BCUT2D eigenvalue weighted by atomic mass is 10.0. The first-order valence-electron chi connectivity index (χ1n) is 14.7. The van der Waals surface area contributed by atoms with Crippen LogP contribution in [-0.2, 0) is 22.4 Å². The molecule has 0 radical (unpaired) electrons. The third-order valence-electron chi connectivity index (χ3n) is 7.30. The van der Waals surface area contributed by atoms with E-state index in [0.717, 1.165) is 42.2 Å². The maximum absolute atomic E-state index is 9.55. The summed E-state index contributed by atoms with van der Waals surface area (Å²) in [5.41, 5.74) is 8.47. The van der Waals surface area contributed by atoms with Crippen LogP contribution in [0.2, 0.25) is 0 Å². The first-order valence-corrected chi connectivity index (χ1v) is 15.1. The molecule has 0 aliphatic carbocycles. The Hall–Kier alpha value is -4.28. The number of aromatic nitrogens is 3. The third-order valence-corrected chi connectivity index (χ3v) is 7.63. The number of nitrogens with one attached hydrogen (secondary N) is 2. The first kappa shape index (κ1) is 34.2. The molecule has 4 N–H and O–H groups in total. The summed E-state index contributed by atoms with van der Waals surface area (Å²) in [6, 6.07) is 15.4. The van der Waals surface area contributed by atoms with Crippen LogP contribution in [0.1, 0.15) is 67.6 Å². The summed E-state index contributed by atoms with van der Waals surface area (Å²) in [7, 11) is 2.20. The quantitative estimate of drug-likeness (QED) is 0.104. The van der Waals surface area contributed by atoms with Gasteiger partial charge in [-0.15, -0.1) is 0 Å². The Balaban J connectivity index is 0.000000583. The van der Waals surface area contributed by atoms with Gasteiger partial charge in [-0.3, -0.25) is 4.68 Å². The standard InChI is InChI=1S/C30H39N5S.C4H4O4/c1-20(2)24-7-9-25(10-8-24)30(36)33-26-11-12-29-28(17-26)27(22(5)32-29)14-16-34(6)15-13-23-18-31-35(19-23)21(3)4;5-3(6)1-2-4(7)8/h7-12,17-21,32H,13-16H2,1-6H3,(H,33,36);1-2H,(H,5,6)(H,7,8)/b;2-1+. The minimum atomic E-state index is -1.26. The number of benzene rings is 2. The number of thiocarbonyl (C=S) groups is 1. The Kier molecular flexibility index (Phi) is 12.4. The van der Waals surface area contributed by atoms with Crippen molar-refractivity contribution in [3.63, 3.8) is 0 Å². The number of aliphatic carboxylic acids is 2. The van der Waals surface area contributed by atoms with Crippen molar-refractivity contribution in [2.45, 2.75) is 59.4 Å². The van der Waals surface area contributed by atoms with Gasteiger partial charge in [0.15, 0.2) is 0 Å². The molecule has 0 aliphatic rings. The van der Waals surface area contributed by atoms with Crippen LogP contribution >= 0.6 is 12.2 Å². The van der Waals surface area contributed by atoms with Gasteiger partial charge in [0.1, 0.15) is 4.99 Å². The molecule has 4 rings (SSSR count). The van der Waals surface area contributed by atoms with E-state index in [0.29, 0.717) is 24.1 Å². The van der Waals surface area contributed by atoms with Crippen LogP contribution < -0.4 is 5.32 Å².